The van der Waals surface area contributed by atoms with Crippen molar-refractivity contribution in [2.75, 3.05) is 6.54 Å². The minimum absolute atomic E-state index is 0.0869. The van der Waals surface area contributed by atoms with Crippen molar-refractivity contribution in [1.82, 2.24) is 14.9 Å². The van der Waals surface area contributed by atoms with E-state index in [0.29, 0.717) is 23.6 Å². The number of benzene rings is 2. The molecule has 0 spiro atoms. The van der Waals surface area contributed by atoms with E-state index in [1.165, 1.54) is 18.2 Å². The fraction of sp³-hybridized carbons (Fsp3) is 0.273. The molecule has 1 aliphatic heterocycles. The molecule has 1 aromatic heterocycles. The summed E-state index contributed by atoms with van der Waals surface area (Å²) < 4.78 is 27.8. The number of carbonyl (C=O) groups is 1. The summed E-state index contributed by atoms with van der Waals surface area (Å²) in [4.78, 5) is 22.4. The number of imidazole rings is 1. The van der Waals surface area contributed by atoms with Crippen LogP contribution in [0.25, 0.3) is 11.3 Å². The van der Waals surface area contributed by atoms with Crippen molar-refractivity contribution < 1.29 is 13.6 Å². The van der Waals surface area contributed by atoms with Gasteiger partial charge in [-0.2, -0.15) is 0 Å². The SMILES string of the molecule is Cc1ccc(F)c(C(=O)N2CCCCC2c2ncc(-c3cccc(F)c3)[nH]2)c1. The van der Waals surface area contributed by atoms with Gasteiger partial charge < -0.3 is 9.88 Å². The average Bonchev–Trinajstić information content (AvgIpc) is 3.19. The van der Waals surface area contributed by atoms with Crippen LogP contribution in [0.5, 0.6) is 0 Å². The minimum atomic E-state index is -0.514. The average molecular weight is 381 g/mol. The number of rotatable bonds is 3. The van der Waals surface area contributed by atoms with E-state index in [0.717, 1.165) is 24.8 Å². The molecule has 28 heavy (non-hydrogen) atoms. The highest BCUT2D eigenvalue weighted by Crippen LogP contribution is 2.32. The summed E-state index contributed by atoms with van der Waals surface area (Å²) in [5, 5.41) is 0. The lowest BCUT2D eigenvalue weighted by Crippen LogP contribution is -2.39. The molecule has 2 heterocycles. The largest absolute Gasteiger partial charge is 0.340 e. The zero-order valence-electron chi connectivity index (χ0n) is 15.6. The molecule has 2 aromatic carbocycles. The lowest BCUT2D eigenvalue weighted by Gasteiger charge is -2.34. The van der Waals surface area contributed by atoms with E-state index < -0.39 is 5.82 Å². The van der Waals surface area contributed by atoms with Gasteiger partial charge in [0.2, 0.25) is 0 Å². The van der Waals surface area contributed by atoms with Gasteiger partial charge in [-0.25, -0.2) is 13.8 Å². The Morgan fingerprint density at radius 3 is 2.86 bits per heavy atom. The van der Waals surface area contributed by atoms with E-state index in [1.54, 1.807) is 35.4 Å². The molecule has 3 aromatic rings. The lowest BCUT2D eigenvalue weighted by molar-refractivity contribution is 0.0596. The van der Waals surface area contributed by atoms with Gasteiger partial charge in [0.1, 0.15) is 17.5 Å². The molecule has 6 heteroatoms. The van der Waals surface area contributed by atoms with E-state index in [9.17, 15) is 13.6 Å². The number of likely N-dealkylation sites (tertiary alicyclic amines) is 1. The van der Waals surface area contributed by atoms with Gasteiger partial charge >= 0.3 is 0 Å². The van der Waals surface area contributed by atoms with E-state index in [1.807, 2.05) is 6.92 Å². The van der Waals surface area contributed by atoms with Crippen molar-refractivity contribution in [3.8, 4) is 11.3 Å². The second-order valence-corrected chi connectivity index (χ2v) is 7.19. The van der Waals surface area contributed by atoms with Crippen molar-refractivity contribution in [3.63, 3.8) is 0 Å². The van der Waals surface area contributed by atoms with Crippen LogP contribution >= 0.6 is 0 Å². The topological polar surface area (TPSA) is 49.0 Å². The lowest BCUT2D eigenvalue weighted by atomic mass is 9.99. The Balaban J connectivity index is 1.64. The zero-order valence-corrected chi connectivity index (χ0v) is 15.6. The third-order valence-electron chi connectivity index (χ3n) is 5.16. The van der Waals surface area contributed by atoms with E-state index in [2.05, 4.69) is 9.97 Å². The third-order valence-corrected chi connectivity index (χ3v) is 5.16. The molecule has 0 bridgehead atoms. The van der Waals surface area contributed by atoms with Gasteiger partial charge in [-0.1, -0.05) is 23.8 Å². The first-order valence-corrected chi connectivity index (χ1v) is 9.41. The summed E-state index contributed by atoms with van der Waals surface area (Å²) in [5.41, 5.74) is 2.31. The number of H-pyrrole nitrogens is 1. The molecule has 1 fully saturated rings. The van der Waals surface area contributed by atoms with Gasteiger partial charge in [0.05, 0.1) is 23.5 Å². The number of nitrogens with one attached hydrogen (secondary N) is 1. The zero-order chi connectivity index (χ0) is 19.7. The molecule has 0 aliphatic carbocycles. The molecule has 1 aliphatic rings. The fourth-order valence-corrected chi connectivity index (χ4v) is 3.73. The normalized spacial score (nSPS) is 17.0. The maximum absolute atomic E-state index is 14.3. The van der Waals surface area contributed by atoms with E-state index in [-0.39, 0.29) is 23.3 Å². The first kappa shape index (κ1) is 18.3. The molecule has 0 saturated carbocycles. The third kappa shape index (κ3) is 3.54. The second-order valence-electron chi connectivity index (χ2n) is 7.19. The standard InChI is InChI=1S/C22H21F2N3O/c1-14-8-9-18(24)17(11-14)22(28)27-10-3-2-7-20(27)21-25-13-19(26-21)15-5-4-6-16(23)12-15/h4-6,8-9,11-13,20H,2-3,7,10H2,1H3,(H,25,26). The van der Waals surface area contributed by atoms with Gasteiger partial charge in [-0.05, 0) is 50.5 Å². The summed E-state index contributed by atoms with van der Waals surface area (Å²) in [5.74, 6) is -0.521. The van der Waals surface area contributed by atoms with Gasteiger partial charge in [0.25, 0.3) is 5.91 Å². The van der Waals surface area contributed by atoms with Gasteiger partial charge in [-0.15, -0.1) is 0 Å². The summed E-state index contributed by atoms with van der Waals surface area (Å²) >= 11 is 0. The number of carbonyl (C=O) groups excluding carboxylic acids is 1. The van der Waals surface area contributed by atoms with Crippen LogP contribution in [0.4, 0.5) is 8.78 Å². The number of aryl methyl sites for hydroxylation is 1. The van der Waals surface area contributed by atoms with Gasteiger partial charge in [0, 0.05) is 12.1 Å². The number of hydrogen-bond donors (Lipinski definition) is 1. The Labute approximate surface area is 162 Å². The molecule has 1 saturated heterocycles. The monoisotopic (exact) mass is 381 g/mol. The molecule has 1 amide bonds. The summed E-state index contributed by atoms with van der Waals surface area (Å²) in [7, 11) is 0. The Hall–Kier alpha value is -3.02. The van der Waals surface area contributed by atoms with E-state index >= 15 is 0 Å². The van der Waals surface area contributed by atoms with Crippen molar-refractivity contribution in [1.29, 1.82) is 0 Å². The number of piperidine rings is 1. The van der Waals surface area contributed by atoms with Crippen molar-refractivity contribution >= 4 is 5.91 Å². The van der Waals surface area contributed by atoms with Crippen LogP contribution in [0.1, 0.15) is 47.1 Å². The molecule has 144 valence electrons. The molecule has 0 radical (unpaired) electrons. The number of nitrogens with zero attached hydrogens (tertiary/aromatic N) is 2. The number of hydrogen-bond acceptors (Lipinski definition) is 2. The van der Waals surface area contributed by atoms with Crippen LogP contribution in [0.15, 0.2) is 48.7 Å². The predicted octanol–water partition coefficient (Wildman–Crippen LogP) is 5.03. The quantitative estimate of drug-likeness (QED) is 0.692. The molecule has 1 unspecified atom stereocenters. The number of aromatic amines is 1. The molecule has 4 nitrogen and oxygen atoms in total. The van der Waals surface area contributed by atoms with Crippen LogP contribution in [0.3, 0.4) is 0 Å². The summed E-state index contributed by atoms with van der Waals surface area (Å²) in [6.07, 6.45) is 4.22. The number of halogens is 2. The highest BCUT2D eigenvalue weighted by atomic mass is 19.1. The van der Waals surface area contributed by atoms with E-state index in [4.69, 9.17) is 0 Å². The van der Waals surface area contributed by atoms with Crippen LogP contribution in [-0.2, 0) is 0 Å². The Bertz CT molecular complexity index is 1010. The van der Waals surface area contributed by atoms with Crippen LogP contribution in [0.2, 0.25) is 0 Å². The number of aromatic nitrogens is 2. The maximum atomic E-state index is 14.3. The first-order valence-electron chi connectivity index (χ1n) is 9.41. The highest BCUT2D eigenvalue weighted by molar-refractivity contribution is 5.95. The molecule has 1 atom stereocenters. The van der Waals surface area contributed by atoms with Crippen molar-refractivity contribution in [2.45, 2.75) is 32.2 Å². The van der Waals surface area contributed by atoms with Crippen LogP contribution in [0, 0.1) is 18.6 Å². The Morgan fingerprint density at radius 2 is 2.04 bits per heavy atom. The summed E-state index contributed by atoms with van der Waals surface area (Å²) in [6.45, 7) is 2.38. The minimum Gasteiger partial charge on any atom is -0.340 e. The smallest absolute Gasteiger partial charge is 0.257 e. The Morgan fingerprint density at radius 1 is 1.18 bits per heavy atom. The molecule has 1 N–H and O–H groups in total. The molecule has 4 rings (SSSR count). The number of amides is 1. The van der Waals surface area contributed by atoms with Gasteiger partial charge in [-0.3, -0.25) is 4.79 Å². The van der Waals surface area contributed by atoms with Crippen LogP contribution < -0.4 is 0 Å². The molecular weight excluding hydrogens is 360 g/mol. The summed E-state index contributed by atoms with van der Waals surface area (Å²) in [6, 6.07) is 10.6. The molecular formula is C22H21F2N3O. The van der Waals surface area contributed by atoms with Gasteiger partial charge in [0.15, 0.2) is 0 Å². The maximum Gasteiger partial charge on any atom is 0.257 e. The second kappa shape index (κ2) is 7.54. The first-order chi connectivity index (χ1) is 13.5. The Kier molecular flexibility index (Phi) is 4.94. The van der Waals surface area contributed by atoms with Crippen molar-refractivity contribution in [2.24, 2.45) is 0 Å². The predicted molar refractivity (Wildman–Crippen MR) is 103 cm³/mol. The van der Waals surface area contributed by atoms with Crippen LogP contribution in [-0.4, -0.2) is 27.3 Å². The fourth-order valence-electron chi connectivity index (χ4n) is 3.73. The highest BCUT2D eigenvalue weighted by Gasteiger charge is 2.32. The van der Waals surface area contributed by atoms with Crippen molar-refractivity contribution in [3.05, 3.63) is 77.2 Å².